The second-order valence-electron chi connectivity index (χ2n) is 16.5. The Labute approximate surface area is 329 Å². The molecule has 2 bridgehead atoms. The van der Waals surface area contributed by atoms with E-state index in [1.165, 1.54) is 36.1 Å². The fraction of sp³-hybridized carbons (Fsp3) is 0.564. The second-order valence-corrected chi connectivity index (χ2v) is 16.5. The molecule has 2 aromatic carbocycles. The highest BCUT2D eigenvalue weighted by molar-refractivity contribution is 6.01. The maximum Gasteiger partial charge on any atom is 0.435 e. The van der Waals surface area contributed by atoms with E-state index in [0.717, 1.165) is 12.8 Å². The number of fused-ring (bicyclic) bond motifs is 7. The van der Waals surface area contributed by atoms with Gasteiger partial charge in [-0.3, -0.25) is 4.90 Å². The molecule has 0 radical (unpaired) electrons. The molecule has 2 aromatic heterocycles. The van der Waals surface area contributed by atoms with E-state index < -0.39 is 67.0 Å². The zero-order valence-corrected chi connectivity index (χ0v) is 31.6. The van der Waals surface area contributed by atoms with Crippen LogP contribution in [0.1, 0.15) is 49.8 Å². The second kappa shape index (κ2) is 13.3. The number of phenolic OH excluding ortho intramolecular Hbond substituents is 1. The SMILES string of the molecule is Cc1c(F)ccc2cc(O)cc(-c3c(F)c4nc(OC[C@@]56CCCN5C[C@H](OC(C(F)(F)F)(C(F)(F)F)C(F)(F)F)C6)nc5c4c([n+]3C)CC[C@@H]3[C@@H]4CC[C@H](CN53)N4)c12. The largest absolute Gasteiger partial charge is 0.508 e. The fourth-order valence-corrected chi connectivity index (χ4v) is 10.5. The Bertz CT molecular complexity index is 2340. The molecule has 0 saturated carbocycles. The predicted molar refractivity (Wildman–Crippen MR) is 189 cm³/mol. The van der Waals surface area contributed by atoms with Crippen molar-refractivity contribution >= 4 is 27.5 Å². The lowest BCUT2D eigenvalue weighted by Gasteiger charge is -2.41. The lowest BCUT2D eigenvalue weighted by atomic mass is 9.93. The number of pyridine rings is 1. The summed E-state index contributed by atoms with van der Waals surface area (Å²) >= 11 is 0. The van der Waals surface area contributed by atoms with Gasteiger partial charge in [-0.05, 0) is 81.1 Å². The number of halogens is 11. The molecule has 318 valence electrons. The van der Waals surface area contributed by atoms with Crippen molar-refractivity contribution in [3.8, 4) is 23.0 Å². The molecule has 9 nitrogen and oxygen atoms in total. The van der Waals surface area contributed by atoms with Crippen LogP contribution in [-0.2, 0) is 18.2 Å². The first-order chi connectivity index (χ1) is 27.6. The zero-order valence-electron chi connectivity index (χ0n) is 31.6. The van der Waals surface area contributed by atoms with Gasteiger partial charge in [-0.2, -0.15) is 58.4 Å². The normalized spacial score (nSPS) is 26.2. The molecule has 20 heteroatoms. The van der Waals surface area contributed by atoms with Crippen LogP contribution in [0.15, 0.2) is 24.3 Å². The third-order valence-corrected chi connectivity index (χ3v) is 13.2. The number of alkyl halides is 9. The molecule has 0 spiro atoms. The van der Waals surface area contributed by atoms with Crippen molar-refractivity contribution in [3.63, 3.8) is 0 Å². The van der Waals surface area contributed by atoms with E-state index in [2.05, 4.69) is 19.9 Å². The van der Waals surface area contributed by atoms with Crippen LogP contribution in [0, 0.1) is 18.6 Å². The third-order valence-electron chi connectivity index (χ3n) is 13.2. The molecule has 7 heterocycles. The number of piperazine rings is 1. The van der Waals surface area contributed by atoms with Gasteiger partial charge >= 0.3 is 30.1 Å². The van der Waals surface area contributed by atoms with E-state index in [9.17, 15) is 44.6 Å². The number of anilines is 1. The van der Waals surface area contributed by atoms with Crippen molar-refractivity contribution < 1.29 is 67.4 Å². The van der Waals surface area contributed by atoms with Gasteiger partial charge in [-0.1, -0.05) is 6.07 Å². The fourth-order valence-electron chi connectivity index (χ4n) is 10.5. The molecule has 59 heavy (non-hydrogen) atoms. The topological polar surface area (TPSA) is 86.9 Å². The first-order valence-electron chi connectivity index (χ1n) is 19.3. The highest BCUT2D eigenvalue weighted by Crippen LogP contribution is 2.57. The number of rotatable bonds is 6. The van der Waals surface area contributed by atoms with E-state index >= 15 is 8.78 Å². The van der Waals surface area contributed by atoms with E-state index in [1.807, 2.05) is 0 Å². The quantitative estimate of drug-likeness (QED) is 0.155. The number of nitrogens with one attached hydrogen (secondary N) is 1. The molecule has 5 aliphatic rings. The molecule has 4 aromatic rings. The van der Waals surface area contributed by atoms with Crippen molar-refractivity contribution in [2.75, 3.05) is 31.1 Å². The van der Waals surface area contributed by atoms with Gasteiger partial charge < -0.3 is 24.8 Å². The lowest BCUT2D eigenvalue weighted by Crippen LogP contribution is -2.68. The van der Waals surface area contributed by atoms with E-state index in [1.54, 1.807) is 11.6 Å². The van der Waals surface area contributed by atoms with Gasteiger partial charge in [0.1, 0.15) is 36.1 Å². The molecule has 4 saturated heterocycles. The van der Waals surface area contributed by atoms with Gasteiger partial charge in [-0.25, -0.2) is 4.39 Å². The summed E-state index contributed by atoms with van der Waals surface area (Å²) in [5.41, 5.74) is -6.93. The van der Waals surface area contributed by atoms with Gasteiger partial charge in [0.15, 0.2) is 11.5 Å². The van der Waals surface area contributed by atoms with Crippen molar-refractivity contribution in [2.24, 2.45) is 7.05 Å². The van der Waals surface area contributed by atoms with Crippen LogP contribution in [0.2, 0.25) is 0 Å². The van der Waals surface area contributed by atoms with Crippen LogP contribution in [-0.4, -0.2) is 100 Å². The van der Waals surface area contributed by atoms with Crippen LogP contribution in [0.25, 0.3) is 32.9 Å². The Morgan fingerprint density at radius 3 is 2.39 bits per heavy atom. The van der Waals surface area contributed by atoms with Crippen LogP contribution in [0.3, 0.4) is 0 Å². The van der Waals surface area contributed by atoms with Gasteiger partial charge in [0.05, 0.1) is 17.2 Å². The minimum Gasteiger partial charge on any atom is -0.508 e. The molecule has 9 rings (SSSR count). The van der Waals surface area contributed by atoms with Crippen molar-refractivity contribution in [1.29, 1.82) is 0 Å². The van der Waals surface area contributed by atoms with Crippen molar-refractivity contribution in [1.82, 2.24) is 20.2 Å². The molecular formula is C39H38F11N6O3+. The first-order valence-corrected chi connectivity index (χ1v) is 19.3. The number of hydrogen-bond donors (Lipinski definition) is 2. The smallest absolute Gasteiger partial charge is 0.435 e. The molecular weight excluding hydrogens is 809 g/mol. The Morgan fingerprint density at radius 2 is 1.68 bits per heavy atom. The Morgan fingerprint density at radius 1 is 0.949 bits per heavy atom. The van der Waals surface area contributed by atoms with Gasteiger partial charge in [0, 0.05) is 43.0 Å². The summed E-state index contributed by atoms with van der Waals surface area (Å²) in [6.45, 7) is 1.04. The Kier molecular flexibility index (Phi) is 9.08. The molecule has 0 aliphatic carbocycles. The van der Waals surface area contributed by atoms with Crippen LogP contribution >= 0.6 is 0 Å². The van der Waals surface area contributed by atoms with Gasteiger partial charge in [-0.15, -0.1) is 0 Å². The molecule has 5 aliphatic heterocycles. The monoisotopic (exact) mass is 847 g/mol. The summed E-state index contributed by atoms with van der Waals surface area (Å²) in [6, 6.07) is 5.20. The number of hydrogen-bond acceptors (Lipinski definition) is 8. The van der Waals surface area contributed by atoms with Crippen LogP contribution in [0.5, 0.6) is 11.8 Å². The number of phenols is 1. The Balaban J connectivity index is 1.15. The minimum absolute atomic E-state index is 0.0176. The number of ether oxygens (including phenoxy) is 2. The number of aromatic hydroxyl groups is 1. The number of aromatic nitrogens is 3. The molecule has 4 fully saturated rings. The summed E-state index contributed by atoms with van der Waals surface area (Å²) < 4.78 is 169. The molecule has 5 atom stereocenters. The number of aryl methyl sites for hydroxylation is 2. The minimum atomic E-state index is -6.88. The first kappa shape index (κ1) is 40.1. The summed E-state index contributed by atoms with van der Waals surface area (Å²) in [5, 5.41) is 15.6. The number of benzene rings is 2. The zero-order chi connectivity index (χ0) is 42.2. The maximum atomic E-state index is 17.5. The van der Waals surface area contributed by atoms with Gasteiger partial charge in [0.25, 0.3) is 5.69 Å². The van der Waals surface area contributed by atoms with Crippen LogP contribution < -0.4 is 19.5 Å². The summed E-state index contributed by atoms with van der Waals surface area (Å²) in [4.78, 5) is 12.9. The Hall–Kier alpha value is -4.30. The number of nitrogens with zero attached hydrogens (tertiary/aromatic N) is 5. The van der Waals surface area contributed by atoms with E-state index in [-0.39, 0.29) is 65.2 Å². The highest BCUT2D eigenvalue weighted by atomic mass is 19.4. The van der Waals surface area contributed by atoms with Crippen LogP contribution in [0.4, 0.5) is 54.1 Å². The standard InChI is InChI=1S/C39H37F11N6O3/c1-18-24(40)6-4-19-12-21(57)13-23(28(18)19)32-30(41)31-29-27(54(32)2)9-8-26-25-7-5-20(51-25)15-56(26)33(29)53-34(52-31)58-17-35-10-3-11-55(35)16-22(14-35)59-36(37(42,43)44,38(45,46)47)39(48,49)50/h4,6,12-13,20,22,25-26,51H,3,5,7-11,14-17H2,1-2H3/p+1/t20-,22-,25+,26-,35+/m1/s1. The predicted octanol–water partition coefficient (Wildman–Crippen LogP) is 7.25. The third kappa shape index (κ3) is 6.00. The average molecular weight is 848 g/mol. The molecule has 0 amide bonds. The van der Waals surface area contributed by atoms with E-state index in [0.29, 0.717) is 53.5 Å². The summed E-state index contributed by atoms with van der Waals surface area (Å²) in [5.74, 6) is -1.26. The maximum absolute atomic E-state index is 17.5. The van der Waals surface area contributed by atoms with Gasteiger partial charge in [0.2, 0.25) is 5.82 Å². The highest BCUT2D eigenvalue weighted by Gasteiger charge is 2.86. The summed E-state index contributed by atoms with van der Waals surface area (Å²) in [7, 11) is 1.66. The summed E-state index contributed by atoms with van der Waals surface area (Å²) in [6.07, 6.45) is -20.1. The van der Waals surface area contributed by atoms with Crippen molar-refractivity contribution in [3.05, 3.63) is 47.2 Å². The van der Waals surface area contributed by atoms with Crippen molar-refractivity contribution in [2.45, 2.75) is 106 Å². The molecule has 2 N–H and O–H groups in total. The average Bonchev–Trinajstić information content (AvgIpc) is 3.78. The lowest BCUT2D eigenvalue weighted by molar-refractivity contribution is -0.667. The van der Waals surface area contributed by atoms with E-state index in [4.69, 9.17) is 9.72 Å². The molecule has 0 unspecified atom stereocenters.